The maximum absolute atomic E-state index is 13.7. The van der Waals surface area contributed by atoms with Crippen molar-refractivity contribution in [2.45, 2.75) is 96.1 Å². The van der Waals surface area contributed by atoms with Gasteiger partial charge in [-0.1, -0.05) is 39.0 Å². The number of nitrogens with zero attached hydrogens (tertiary/aromatic N) is 2. The number of rotatable bonds is 14. The summed E-state index contributed by atoms with van der Waals surface area (Å²) < 4.78 is 5.86. The minimum absolute atomic E-state index is 0.0788. The van der Waals surface area contributed by atoms with Crippen LogP contribution in [-0.2, 0) is 9.53 Å². The van der Waals surface area contributed by atoms with E-state index < -0.39 is 27.3 Å². The molecule has 0 saturated heterocycles. The van der Waals surface area contributed by atoms with Crippen LogP contribution in [0.25, 0.3) is 0 Å². The Morgan fingerprint density at radius 2 is 1.19 bits per heavy atom. The van der Waals surface area contributed by atoms with Crippen molar-refractivity contribution in [3.05, 3.63) is 68.8 Å². The summed E-state index contributed by atoms with van der Waals surface area (Å²) in [6, 6.07) is 9.74. The van der Waals surface area contributed by atoms with Crippen LogP contribution in [0.4, 0.5) is 32.3 Å². The minimum Gasteiger partial charge on any atom is -0.465 e. The van der Waals surface area contributed by atoms with E-state index in [9.17, 15) is 34.6 Å². The zero-order chi connectivity index (χ0) is 33.8. The zero-order valence-electron chi connectivity index (χ0n) is 26.7. The zero-order valence-corrected chi connectivity index (χ0v) is 26.7. The van der Waals surface area contributed by atoms with Crippen LogP contribution < -0.4 is 21.3 Å². The topological polar surface area (TPSA) is 195 Å². The van der Waals surface area contributed by atoms with E-state index in [1.54, 1.807) is 0 Å². The molecule has 14 heteroatoms. The van der Waals surface area contributed by atoms with Gasteiger partial charge in [-0.15, -0.1) is 0 Å². The maximum atomic E-state index is 13.7. The second-order valence-electron chi connectivity index (χ2n) is 12.5. The summed E-state index contributed by atoms with van der Waals surface area (Å²) in [5.74, 6) is -0.366. The number of esters is 1. The molecule has 0 aliphatic heterocycles. The minimum atomic E-state index is -0.706. The number of carbonyl (C=O) groups is 3. The molecule has 0 spiro atoms. The third-order valence-electron chi connectivity index (χ3n) is 9.28. The number of nitrogens with one attached hydrogen (secondary N) is 4. The Hall–Kier alpha value is -4.75. The number of anilines is 2. The van der Waals surface area contributed by atoms with Crippen molar-refractivity contribution in [1.29, 1.82) is 0 Å². The van der Waals surface area contributed by atoms with Crippen molar-refractivity contribution in [2.75, 3.05) is 17.2 Å². The third kappa shape index (κ3) is 9.87. The van der Waals surface area contributed by atoms with Crippen molar-refractivity contribution in [1.82, 2.24) is 10.6 Å². The van der Waals surface area contributed by atoms with Crippen LogP contribution in [0.1, 0.15) is 84.0 Å². The summed E-state index contributed by atoms with van der Waals surface area (Å²) in [6.07, 6.45) is 9.75. The highest BCUT2D eigenvalue weighted by atomic mass is 16.6. The van der Waals surface area contributed by atoms with Gasteiger partial charge in [-0.2, -0.15) is 0 Å². The van der Waals surface area contributed by atoms with E-state index in [-0.39, 0.29) is 35.3 Å². The highest BCUT2D eigenvalue weighted by molar-refractivity contribution is 5.90. The second-order valence-corrected chi connectivity index (χ2v) is 12.5. The van der Waals surface area contributed by atoms with Crippen molar-refractivity contribution < 1.29 is 29.0 Å². The van der Waals surface area contributed by atoms with E-state index in [1.165, 1.54) is 67.8 Å². The van der Waals surface area contributed by atoms with Crippen LogP contribution >= 0.6 is 0 Å². The summed E-state index contributed by atoms with van der Waals surface area (Å²) in [4.78, 5) is 60.2. The number of benzene rings is 2. The lowest BCUT2D eigenvalue weighted by molar-refractivity contribution is -0.385. The molecule has 2 fully saturated rings. The molecular formula is C33H44N6O8. The number of non-ortho nitro benzene ring substituents is 2. The van der Waals surface area contributed by atoms with Crippen LogP contribution in [0.5, 0.6) is 0 Å². The van der Waals surface area contributed by atoms with E-state index in [0.29, 0.717) is 56.5 Å². The lowest BCUT2D eigenvalue weighted by Gasteiger charge is -2.49. The van der Waals surface area contributed by atoms with Gasteiger partial charge in [0.15, 0.2) is 0 Å². The molecule has 0 heterocycles. The van der Waals surface area contributed by atoms with Crippen molar-refractivity contribution in [2.24, 2.45) is 11.3 Å². The van der Waals surface area contributed by atoms with Crippen LogP contribution in [0.15, 0.2) is 48.5 Å². The predicted molar refractivity (Wildman–Crippen MR) is 176 cm³/mol. The number of urea groups is 2. The van der Waals surface area contributed by atoms with Gasteiger partial charge in [0.2, 0.25) is 0 Å². The van der Waals surface area contributed by atoms with Crippen LogP contribution in [-0.4, -0.2) is 46.6 Å². The smallest absolute Gasteiger partial charge is 0.319 e. The molecule has 2 unspecified atom stereocenters. The van der Waals surface area contributed by atoms with Crippen molar-refractivity contribution >= 4 is 40.8 Å². The van der Waals surface area contributed by atoms with Gasteiger partial charge >= 0.3 is 18.0 Å². The Labute approximate surface area is 273 Å². The fourth-order valence-corrected chi connectivity index (χ4v) is 6.73. The molecular weight excluding hydrogens is 608 g/mol. The quantitative estimate of drug-likeness (QED) is 0.0720. The SMILES string of the molecule is CCCCCCCCOC(=O)C12CC[C@@H](NC(=O)Nc3ccc([N+](=O)[O-])cc3)CC1C[C@@H](NC(=O)Nc1ccc([N+](=O)[O-])cc1)CC2. The number of unbranched alkanes of at least 4 members (excludes halogenated alkanes) is 5. The number of nitro benzene ring substituents is 2. The molecule has 2 aromatic carbocycles. The molecule has 47 heavy (non-hydrogen) atoms. The molecule has 0 radical (unpaired) electrons. The Bertz CT molecular complexity index is 1310. The summed E-state index contributed by atoms with van der Waals surface area (Å²) in [5, 5.41) is 33.3. The number of fused-ring (bicyclic) bond motifs is 1. The molecule has 0 aromatic heterocycles. The van der Waals surface area contributed by atoms with E-state index in [0.717, 1.165) is 19.3 Å². The van der Waals surface area contributed by atoms with Gasteiger partial charge in [-0.05, 0) is 75.1 Å². The predicted octanol–water partition coefficient (Wildman–Crippen LogP) is 7.06. The molecule has 0 bridgehead atoms. The van der Waals surface area contributed by atoms with E-state index in [4.69, 9.17) is 4.74 Å². The maximum Gasteiger partial charge on any atom is 0.319 e. The van der Waals surface area contributed by atoms with E-state index >= 15 is 0 Å². The average molecular weight is 653 g/mol. The molecule has 4 N–H and O–H groups in total. The van der Waals surface area contributed by atoms with Gasteiger partial charge in [0.1, 0.15) is 0 Å². The number of ether oxygens (including phenoxy) is 1. The summed E-state index contributed by atoms with van der Waals surface area (Å²) in [6.45, 7) is 2.54. The number of carbonyl (C=O) groups excluding carboxylic acids is 3. The molecule has 2 aromatic rings. The lowest BCUT2D eigenvalue weighted by Crippen LogP contribution is -2.55. The molecule has 14 nitrogen and oxygen atoms in total. The first-order valence-electron chi connectivity index (χ1n) is 16.4. The fraction of sp³-hybridized carbons (Fsp3) is 0.545. The summed E-state index contributed by atoms with van der Waals surface area (Å²) in [7, 11) is 0. The number of amides is 4. The van der Waals surface area contributed by atoms with Crippen LogP contribution in [0, 0.1) is 31.6 Å². The van der Waals surface area contributed by atoms with Crippen LogP contribution in [0.2, 0.25) is 0 Å². The van der Waals surface area contributed by atoms with E-state index in [1.807, 2.05) is 0 Å². The van der Waals surface area contributed by atoms with Crippen LogP contribution in [0.3, 0.4) is 0 Å². The standard InChI is InChI=1S/C33H44N6O8/c1-2-3-4-5-6-7-20-47-30(40)33-18-16-26(36-31(41)34-24-8-12-28(13-9-24)38(43)44)21-23(33)22-27(17-19-33)37-32(42)35-25-10-14-29(15-11-25)39(45)46/h8-15,23,26-27H,2-7,16-22H2,1H3,(H2,34,36,41)(H2,35,37,42)/t23?,26-,27+,33?. The third-order valence-corrected chi connectivity index (χ3v) is 9.28. The summed E-state index contributed by atoms with van der Waals surface area (Å²) >= 11 is 0. The monoisotopic (exact) mass is 652 g/mol. The van der Waals surface area contributed by atoms with Gasteiger partial charge in [-0.3, -0.25) is 25.0 Å². The highest BCUT2D eigenvalue weighted by Crippen LogP contribution is 2.51. The van der Waals surface area contributed by atoms with Crippen molar-refractivity contribution in [3.8, 4) is 0 Å². The molecule has 4 amide bonds. The van der Waals surface area contributed by atoms with E-state index in [2.05, 4.69) is 28.2 Å². The number of nitro groups is 2. The Balaban J connectivity index is 1.37. The Morgan fingerprint density at radius 3 is 1.64 bits per heavy atom. The van der Waals surface area contributed by atoms with Gasteiger partial charge in [0.05, 0.1) is 21.9 Å². The lowest BCUT2D eigenvalue weighted by atomic mass is 9.57. The normalized spacial score (nSPS) is 21.9. The molecule has 4 rings (SSSR count). The van der Waals surface area contributed by atoms with Gasteiger partial charge in [0, 0.05) is 47.7 Å². The van der Waals surface area contributed by atoms with Crippen molar-refractivity contribution in [3.63, 3.8) is 0 Å². The highest BCUT2D eigenvalue weighted by Gasteiger charge is 2.53. The Kier molecular flexibility index (Phi) is 12.5. The number of hydrogen-bond donors (Lipinski definition) is 4. The average Bonchev–Trinajstić information content (AvgIpc) is 3.04. The summed E-state index contributed by atoms with van der Waals surface area (Å²) in [5.41, 5.74) is -0.0351. The molecule has 2 saturated carbocycles. The first-order valence-corrected chi connectivity index (χ1v) is 16.4. The fourth-order valence-electron chi connectivity index (χ4n) is 6.73. The van der Waals surface area contributed by atoms with Gasteiger partial charge in [-0.25, -0.2) is 9.59 Å². The second kappa shape index (κ2) is 16.7. The van der Waals surface area contributed by atoms with Gasteiger partial charge in [0.25, 0.3) is 11.4 Å². The molecule has 2 aliphatic rings. The largest absolute Gasteiger partial charge is 0.465 e. The Morgan fingerprint density at radius 1 is 0.745 bits per heavy atom. The van der Waals surface area contributed by atoms with Gasteiger partial charge < -0.3 is 26.0 Å². The number of hydrogen-bond acceptors (Lipinski definition) is 8. The molecule has 4 atom stereocenters. The first-order chi connectivity index (χ1) is 22.6. The molecule has 254 valence electrons. The first kappa shape index (κ1) is 35.1. The molecule has 2 aliphatic carbocycles.